The molecule has 29 nitrogen and oxygen atoms in total. The van der Waals surface area contributed by atoms with E-state index < -0.39 is 70.1 Å². The minimum absolute atomic E-state index is 0.00556. The number of aliphatic imine (C=N–C) groups is 1. The Morgan fingerprint density at radius 3 is 1.17 bits per heavy atom. The predicted molar refractivity (Wildman–Crippen MR) is 399 cm³/mol. The average Bonchev–Trinajstić information content (AvgIpc) is 1.59. The first kappa shape index (κ1) is 87.7. The molecule has 4 aromatic carbocycles. The van der Waals surface area contributed by atoms with Crippen molar-refractivity contribution in [2.45, 2.75) is 145 Å². The number of ether oxygens (including phenoxy) is 6. The van der Waals surface area contributed by atoms with E-state index in [4.69, 9.17) is 36.0 Å². The third-order valence-corrected chi connectivity index (χ3v) is 16.5. The number of fused-ring (bicyclic) bond motifs is 3. The maximum Gasteiger partial charge on any atom is 0.573 e. The van der Waals surface area contributed by atoms with Gasteiger partial charge in [0.2, 0.25) is 5.90 Å². The number of hydrogen-bond acceptors (Lipinski definition) is 21. The Morgan fingerprint density at radius 2 is 0.798 bits per heavy atom. The number of imidazole rings is 2. The number of nitrogens with zero attached hydrogens (tertiary/aromatic N) is 13. The Kier molecular flexibility index (Phi) is 30.8. The summed E-state index contributed by atoms with van der Waals surface area (Å²) >= 11 is 5.54. The highest BCUT2D eigenvalue weighted by molar-refractivity contribution is 6.17. The third-order valence-electron chi connectivity index (χ3n) is 16.2. The summed E-state index contributed by atoms with van der Waals surface area (Å²) in [5.41, 5.74) is 1.44. The van der Waals surface area contributed by atoms with E-state index in [1.807, 2.05) is 56.3 Å². The van der Waals surface area contributed by atoms with Gasteiger partial charge in [0, 0.05) is 114 Å². The molecule has 0 saturated carbocycles. The molecule has 0 bridgehead atoms. The zero-order chi connectivity index (χ0) is 83.2. The van der Waals surface area contributed by atoms with Gasteiger partial charge >= 0.3 is 48.2 Å². The SMILES string of the molecule is CCO.CCn1c(=O)n(CCCO)c(=O)c2c1nc(Oc1cccc(OC(F)(F)F)c1)n2Cc1ccc(C)nc1.CCn1c(=O)n(CCCO)c(=O)c2c1nc(Oc1cccc(OC(F)(F)F)c1)n2Cc1ccccc1.CCn1c2c(c(=O)n(CCCO)c1=O)CC(Oc1cccc(OC(F)(F)F)c1)=N2.Cc1ccc(CCl)cn1. The molecule has 0 radical (unpaired) electrons. The van der Waals surface area contributed by atoms with Crippen LogP contribution in [0.5, 0.6) is 46.5 Å². The number of aromatic nitrogens is 12. The molecule has 114 heavy (non-hydrogen) atoms. The van der Waals surface area contributed by atoms with Crippen molar-refractivity contribution >= 4 is 45.6 Å². The highest BCUT2D eigenvalue weighted by Crippen LogP contribution is 2.34. The Hall–Kier alpha value is -11.9. The topological polar surface area (TPSA) is 342 Å². The van der Waals surface area contributed by atoms with Crippen molar-refractivity contribution in [1.29, 1.82) is 0 Å². The first-order valence-corrected chi connectivity index (χ1v) is 35.7. The van der Waals surface area contributed by atoms with Gasteiger partial charge in [0.05, 0.1) is 25.1 Å². The number of hydrogen-bond donors (Lipinski definition) is 4. The van der Waals surface area contributed by atoms with Crippen LogP contribution in [0, 0.1) is 13.8 Å². The summed E-state index contributed by atoms with van der Waals surface area (Å²) < 4.78 is 152. The third kappa shape index (κ3) is 23.4. The van der Waals surface area contributed by atoms with Crippen molar-refractivity contribution in [2.24, 2.45) is 4.99 Å². The molecule has 0 amide bonds. The van der Waals surface area contributed by atoms with Gasteiger partial charge in [-0.2, -0.15) is 15.0 Å². The second-order valence-corrected chi connectivity index (χ2v) is 24.7. The lowest BCUT2D eigenvalue weighted by Crippen LogP contribution is -2.41. The maximum absolute atomic E-state index is 13.5. The second kappa shape index (κ2) is 40.0. The van der Waals surface area contributed by atoms with Gasteiger partial charge in [-0.3, -0.25) is 60.9 Å². The Labute approximate surface area is 646 Å². The molecule has 4 N–H and O–H groups in total. The van der Waals surface area contributed by atoms with Gasteiger partial charge in [0.1, 0.15) is 40.3 Å². The minimum Gasteiger partial charge on any atom is -0.442 e. The van der Waals surface area contributed by atoms with Crippen LogP contribution in [0.25, 0.3) is 22.3 Å². The number of rotatable bonds is 25. The monoisotopic (exact) mass is 1620 g/mol. The fourth-order valence-corrected chi connectivity index (χ4v) is 11.3. The van der Waals surface area contributed by atoms with E-state index in [0.717, 1.165) is 72.6 Å². The maximum atomic E-state index is 13.5. The smallest absolute Gasteiger partial charge is 0.442 e. The number of pyridine rings is 2. The van der Waals surface area contributed by atoms with Gasteiger partial charge in [-0.15, -0.1) is 51.1 Å². The molecule has 0 spiro atoms. The molecule has 12 rings (SSSR count). The lowest BCUT2D eigenvalue weighted by Gasteiger charge is -2.13. The molecule has 8 heterocycles. The molecular formula is C75H79ClF9N13O16. The average molecular weight is 1620 g/mol. The lowest BCUT2D eigenvalue weighted by molar-refractivity contribution is -0.275. The number of aryl methyl sites for hydroxylation is 4. The molecule has 610 valence electrons. The van der Waals surface area contributed by atoms with E-state index in [-0.39, 0.29) is 173 Å². The van der Waals surface area contributed by atoms with Crippen molar-refractivity contribution < 1.29 is 88.4 Å². The van der Waals surface area contributed by atoms with Crippen molar-refractivity contribution in [3.63, 3.8) is 0 Å². The molecule has 0 saturated heterocycles. The van der Waals surface area contributed by atoms with E-state index in [2.05, 4.69) is 39.1 Å². The van der Waals surface area contributed by atoms with Gasteiger partial charge in [0.25, 0.3) is 16.7 Å². The van der Waals surface area contributed by atoms with Gasteiger partial charge in [-0.25, -0.2) is 14.4 Å². The molecule has 1 aliphatic rings. The van der Waals surface area contributed by atoms with Gasteiger partial charge < -0.3 is 48.8 Å². The Bertz CT molecular complexity index is 5490. The van der Waals surface area contributed by atoms with E-state index >= 15 is 0 Å². The first-order valence-electron chi connectivity index (χ1n) is 35.2. The molecule has 7 aromatic heterocycles. The molecule has 0 atom stereocenters. The van der Waals surface area contributed by atoms with Crippen molar-refractivity contribution in [2.75, 3.05) is 26.4 Å². The van der Waals surface area contributed by atoms with Crippen LogP contribution < -0.4 is 62.2 Å². The molecule has 0 unspecified atom stereocenters. The van der Waals surface area contributed by atoms with Crippen LogP contribution in [0.3, 0.4) is 0 Å². The van der Waals surface area contributed by atoms with Crippen molar-refractivity contribution in [1.82, 2.24) is 56.5 Å². The number of alkyl halides is 10. The number of benzene rings is 4. The summed E-state index contributed by atoms with van der Waals surface area (Å²) in [6, 6.07) is 31.2. The van der Waals surface area contributed by atoms with Crippen LogP contribution in [-0.2, 0) is 64.7 Å². The van der Waals surface area contributed by atoms with Crippen LogP contribution in [0.4, 0.5) is 45.3 Å². The molecule has 11 aromatic rings. The quantitative estimate of drug-likeness (QED) is 0.0305. The van der Waals surface area contributed by atoms with Crippen molar-refractivity contribution in [3.8, 4) is 46.5 Å². The molecular weight excluding hydrogens is 1550 g/mol. The van der Waals surface area contributed by atoms with Crippen LogP contribution in [0.2, 0.25) is 0 Å². The molecule has 0 aliphatic carbocycles. The predicted octanol–water partition coefficient (Wildman–Crippen LogP) is 10.8. The van der Waals surface area contributed by atoms with Crippen LogP contribution >= 0.6 is 11.6 Å². The van der Waals surface area contributed by atoms with Crippen LogP contribution in [0.1, 0.15) is 80.6 Å². The number of aliphatic hydroxyl groups is 4. The van der Waals surface area contributed by atoms with E-state index in [1.54, 1.807) is 52.2 Å². The number of halogens is 10. The summed E-state index contributed by atoms with van der Waals surface area (Å²) in [6.07, 6.45) is -10.6. The van der Waals surface area contributed by atoms with Gasteiger partial charge in [-0.1, -0.05) is 60.7 Å². The van der Waals surface area contributed by atoms with E-state index in [0.29, 0.717) is 11.4 Å². The Morgan fingerprint density at radius 1 is 0.430 bits per heavy atom. The molecule has 39 heteroatoms. The lowest BCUT2D eigenvalue weighted by atomic mass is 10.2. The van der Waals surface area contributed by atoms with Crippen LogP contribution in [0.15, 0.2) is 174 Å². The summed E-state index contributed by atoms with van der Waals surface area (Å²) in [5.74, 6) is -0.628. The van der Waals surface area contributed by atoms with Crippen molar-refractivity contribution in [3.05, 3.63) is 236 Å². The van der Waals surface area contributed by atoms with E-state index in [9.17, 15) is 78.5 Å². The standard InChI is InChI=1S/C24H24F3N5O5.C24H23F3N4O5.C18H18F3N3O5.C7H8ClN.C2H6O/c1-3-30-20-19(21(34)31(23(30)35)10-5-11-33)32(14-16-9-8-15(2)28-13-16)22(29-20)36-17-6-4-7-18(12-17)37-24(25,26)27;1-2-29-20-19(21(33)30(23(29)34)12-7-13-32)31(15-16-8-4-3-5-9-16)22(28-20)35-17-10-6-11-18(14-17)36-24(25,26)27;1-2-23-15-13(16(26)24(17(23)27)7-4-8-25)10-14(22-15)28-11-5-3-6-12(9-11)29-18(19,20)21;1-6-2-3-7(4-8)5-9-6;1-2-3/h4,6-9,12-13,33H,3,5,10-11,14H2,1-2H3;3-6,8-11,14,32H,2,7,12-13,15H2,1H3;3,5-6,9,25H,2,4,7-8,10H2,1H3;2-3,5H,4H2,1H3;3H,2H2,1H3. The summed E-state index contributed by atoms with van der Waals surface area (Å²) in [5, 5.41) is 35.0. The summed E-state index contributed by atoms with van der Waals surface area (Å²) in [7, 11) is 0. The minimum atomic E-state index is -4.89. The summed E-state index contributed by atoms with van der Waals surface area (Å²) in [6.45, 7) is 11.2. The zero-order valence-electron chi connectivity index (χ0n) is 62.1. The molecule has 0 fully saturated rings. The fourth-order valence-electron chi connectivity index (χ4n) is 11.2. The summed E-state index contributed by atoms with van der Waals surface area (Å²) in [4.78, 5) is 99.4. The number of aliphatic hydroxyl groups excluding tert-OH is 4. The van der Waals surface area contributed by atoms with Crippen LogP contribution in [-0.4, -0.2) is 128 Å². The normalized spacial score (nSPS) is 11.8. The Balaban J connectivity index is 0.000000200. The fraction of sp³-hybridized carbons (Fsp3) is 0.347. The second-order valence-electron chi connectivity index (χ2n) is 24.4. The first-order chi connectivity index (χ1) is 54.3. The highest BCUT2D eigenvalue weighted by atomic mass is 35.5. The molecule has 1 aliphatic heterocycles. The highest BCUT2D eigenvalue weighted by Gasteiger charge is 2.35. The zero-order valence-corrected chi connectivity index (χ0v) is 62.8. The van der Waals surface area contributed by atoms with Gasteiger partial charge in [-0.05, 0) is 126 Å². The van der Waals surface area contributed by atoms with E-state index in [1.165, 1.54) is 59.2 Å². The largest absolute Gasteiger partial charge is 0.573 e. The van der Waals surface area contributed by atoms with Gasteiger partial charge in [0.15, 0.2) is 22.3 Å².